The van der Waals surface area contributed by atoms with E-state index >= 15 is 0 Å². The van der Waals surface area contributed by atoms with Crippen LogP contribution in [0.1, 0.15) is 40.9 Å². The fourth-order valence-corrected chi connectivity index (χ4v) is 3.39. The lowest BCUT2D eigenvalue weighted by Gasteiger charge is -2.18. The minimum atomic E-state index is -0.900. The lowest BCUT2D eigenvalue weighted by atomic mass is 9.92. The molecule has 0 saturated heterocycles. The van der Waals surface area contributed by atoms with E-state index in [0.717, 1.165) is 9.30 Å². The van der Waals surface area contributed by atoms with Gasteiger partial charge in [-0.2, -0.15) is 0 Å². The van der Waals surface area contributed by atoms with Crippen LogP contribution >= 0.6 is 0 Å². The van der Waals surface area contributed by atoms with Crippen molar-refractivity contribution in [1.29, 1.82) is 0 Å². The maximum absolute atomic E-state index is 13.1. The number of aromatic nitrogens is 2. The number of nitrogens with one attached hydrogen (secondary N) is 1. The first-order valence-electron chi connectivity index (χ1n) is 10.2. The first-order chi connectivity index (χ1) is 15.6. The molecule has 1 unspecified atom stereocenters. The van der Waals surface area contributed by atoms with E-state index in [1.807, 2.05) is 0 Å². The van der Waals surface area contributed by atoms with Gasteiger partial charge in [-0.25, -0.2) is 9.37 Å². The number of pyridine rings is 1. The number of hydrogen-bond acceptors (Lipinski definition) is 6. The number of fused-ring (bicyclic) bond motifs is 1. The standard InChI is InChI=1S/C23H23FN4O5/c1-4-15(18(29)22(32)27(2)3)16-6-5-11-28-20(16)26-17(19(30)23(28)33)21(31)25-12-13-7-9-14(24)10-8-13/h5-11,15,30H,4,12H2,1-3H3,(H,25,31). The van der Waals surface area contributed by atoms with Crippen molar-refractivity contribution < 1.29 is 23.9 Å². The van der Waals surface area contributed by atoms with E-state index < -0.39 is 46.3 Å². The van der Waals surface area contributed by atoms with Crippen LogP contribution in [0.4, 0.5) is 4.39 Å². The Bertz CT molecular complexity index is 1280. The second kappa shape index (κ2) is 9.60. The maximum atomic E-state index is 13.1. The number of ketones is 1. The number of amides is 2. The minimum Gasteiger partial charge on any atom is -0.501 e. The molecular weight excluding hydrogens is 431 g/mol. The van der Waals surface area contributed by atoms with E-state index in [4.69, 9.17) is 0 Å². The third kappa shape index (κ3) is 4.74. The Labute approximate surface area is 188 Å². The highest BCUT2D eigenvalue weighted by atomic mass is 19.1. The number of aromatic hydroxyl groups is 1. The molecule has 0 aliphatic carbocycles. The Morgan fingerprint density at radius 3 is 2.45 bits per heavy atom. The average molecular weight is 454 g/mol. The van der Waals surface area contributed by atoms with Crippen molar-refractivity contribution in [2.75, 3.05) is 14.1 Å². The topological polar surface area (TPSA) is 121 Å². The van der Waals surface area contributed by atoms with E-state index in [0.29, 0.717) is 5.56 Å². The molecule has 9 nitrogen and oxygen atoms in total. The summed E-state index contributed by atoms with van der Waals surface area (Å²) in [5.41, 5.74) is -0.545. The normalized spacial score (nSPS) is 11.8. The second-order valence-corrected chi connectivity index (χ2v) is 7.61. The summed E-state index contributed by atoms with van der Waals surface area (Å²) in [6.07, 6.45) is 1.60. The molecule has 0 radical (unpaired) electrons. The highest BCUT2D eigenvalue weighted by Crippen LogP contribution is 2.25. The van der Waals surface area contributed by atoms with Crippen LogP contribution in [0.2, 0.25) is 0 Å². The number of nitrogens with zero attached hydrogens (tertiary/aromatic N) is 3. The zero-order chi connectivity index (χ0) is 24.3. The van der Waals surface area contributed by atoms with Crippen molar-refractivity contribution in [3.63, 3.8) is 0 Å². The number of likely N-dealkylation sites (N-methyl/N-ethyl adjacent to an activating group) is 1. The van der Waals surface area contributed by atoms with E-state index in [1.54, 1.807) is 13.0 Å². The number of halogens is 1. The number of benzene rings is 1. The lowest BCUT2D eigenvalue weighted by Crippen LogP contribution is -2.34. The van der Waals surface area contributed by atoms with Gasteiger partial charge in [-0.05, 0) is 30.2 Å². The van der Waals surface area contributed by atoms with Gasteiger partial charge in [0.2, 0.25) is 11.5 Å². The van der Waals surface area contributed by atoms with Crippen LogP contribution in [-0.2, 0) is 16.1 Å². The molecule has 2 N–H and O–H groups in total. The second-order valence-electron chi connectivity index (χ2n) is 7.61. The number of rotatable bonds is 7. The Hall–Kier alpha value is -4.08. The molecule has 10 heteroatoms. The molecule has 0 aliphatic rings. The molecule has 172 valence electrons. The van der Waals surface area contributed by atoms with E-state index in [-0.39, 0.29) is 24.2 Å². The van der Waals surface area contributed by atoms with Crippen molar-refractivity contribution in [1.82, 2.24) is 19.6 Å². The van der Waals surface area contributed by atoms with Crippen LogP contribution in [0.3, 0.4) is 0 Å². The summed E-state index contributed by atoms with van der Waals surface area (Å²) in [5.74, 6) is -4.39. The predicted octanol–water partition coefficient (Wildman–Crippen LogP) is 1.62. The molecule has 0 bridgehead atoms. The van der Waals surface area contributed by atoms with Crippen LogP contribution in [0.5, 0.6) is 5.75 Å². The van der Waals surface area contributed by atoms with Crippen LogP contribution in [-0.4, -0.2) is 51.1 Å². The minimum absolute atomic E-state index is 0.00859. The van der Waals surface area contributed by atoms with Gasteiger partial charge in [0.15, 0.2) is 5.69 Å². The third-order valence-corrected chi connectivity index (χ3v) is 5.16. The summed E-state index contributed by atoms with van der Waals surface area (Å²) in [5, 5.41) is 12.8. The van der Waals surface area contributed by atoms with Gasteiger partial charge in [0, 0.05) is 32.4 Å². The van der Waals surface area contributed by atoms with Gasteiger partial charge in [-0.1, -0.05) is 25.1 Å². The first kappa shape index (κ1) is 23.6. The van der Waals surface area contributed by atoms with Gasteiger partial charge in [0.1, 0.15) is 11.5 Å². The smallest absolute Gasteiger partial charge is 0.300 e. The van der Waals surface area contributed by atoms with Gasteiger partial charge in [-0.3, -0.25) is 23.6 Å². The van der Waals surface area contributed by atoms with Gasteiger partial charge < -0.3 is 15.3 Å². The number of Topliss-reactive ketones (excluding diaryl/α,β-unsaturated/α-hetero) is 1. The molecule has 1 atom stereocenters. The Kier molecular flexibility index (Phi) is 6.86. The average Bonchev–Trinajstić information content (AvgIpc) is 2.80. The fourth-order valence-electron chi connectivity index (χ4n) is 3.39. The Morgan fingerprint density at radius 2 is 1.85 bits per heavy atom. The maximum Gasteiger partial charge on any atom is 0.300 e. The molecule has 2 heterocycles. The van der Waals surface area contributed by atoms with Crippen LogP contribution in [0.15, 0.2) is 47.4 Å². The zero-order valence-electron chi connectivity index (χ0n) is 18.3. The van der Waals surface area contributed by atoms with E-state index in [9.17, 15) is 28.7 Å². The van der Waals surface area contributed by atoms with Gasteiger partial charge in [0.05, 0.1) is 5.92 Å². The summed E-state index contributed by atoms with van der Waals surface area (Å²) in [6, 6.07) is 8.49. The van der Waals surface area contributed by atoms with Crippen LogP contribution < -0.4 is 10.9 Å². The number of carbonyl (C=O) groups is 3. The molecule has 2 aromatic heterocycles. The fraction of sp³-hybridized carbons (Fsp3) is 0.261. The highest BCUT2D eigenvalue weighted by molar-refractivity contribution is 6.38. The zero-order valence-corrected chi connectivity index (χ0v) is 18.3. The van der Waals surface area contributed by atoms with Crippen molar-refractivity contribution in [2.45, 2.75) is 25.8 Å². The number of carbonyl (C=O) groups excluding carboxylic acids is 3. The van der Waals surface area contributed by atoms with Crippen LogP contribution in [0.25, 0.3) is 5.65 Å². The van der Waals surface area contributed by atoms with Gasteiger partial charge >= 0.3 is 5.56 Å². The summed E-state index contributed by atoms with van der Waals surface area (Å²) < 4.78 is 14.1. The summed E-state index contributed by atoms with van der Waals surface area (Å²) in [6.45, 7) is 1.72. The molecule has 0 spiro atoms. The molecule has 2 amide bonds. The monoisotopic (exact) mass is 454 g/mol. The SMILES string of the molecule is CCC(C(=O)C(=O)N(C)C)c1cccn2c(=O)c(O)c(C(=O)NCc3ccc(F)cc3)nc12. The van der Waals surface area contributed by atoms with Crippen LogP contribution in [0, 0.1) is 5.82 Å². The molecule has 0 fully saturated rings. The quantitative estimate of drug-likeness (QED) is 0.524. The van der Waals surface area contributed by atoms with Gasteiger partial charge in [0.25, 0.3) is 11.8 Å². The molecule has 0 saturated carbocycles. The highest BCUT2D eigenvalue weighted by Gasteiger charge is 2.30. The van der Waals surface area contributed by atoms with E-state index in [2.05, 4.69) is 10.3 Å². The van der Waals surface area contributed by atoms with Crippen molar-refractivity contribution in [3.05, 3.63) is 75.6 Å². The van der Waals surface area contributed by atoms with Crippen molar-refractivity contribution >= 4 is 23.2 Å². The summed E-state index contributed by atoms with van der Waals surface area (Å²) >= 11 is 0. The Balaban J connectivity index is 2.04. The number of hydrogen-bond donors (Lipinski definition) is 2. The molecule has 1 aromatic carbocycles. The van der Waals surface area contributed by atoms with Crippen molar-refractivity contribution in [2.24, 2.45) is 0 Å². The van der Waals surface area contributed by atoms with Gasteiger partial charge in [-0.15, -0.1) is 0 Å². The molecule has 0 aliphatic heterocycles. The Morgan fingerprint density at radius 1 is 1.18 bits per heavy atom. The van der Waals surface area contributed by atoms with E-state index in [1.165, 1.54) is 50.6 Å². The summed E-state index contributed by atoms with van der Waals surface area (Å²) in [7, 11) is 2.92. The molecule has 33 heavy (non-hydrogen) atoms. The molecular formula is C23H23FN4O5. The molecule has 3 aromatic rings. The third-order valence-electron chi connectivity index (χ3n) is 5.16. The largest absolute Gasteiger partial charge is 0.501 e. The lowest BCUT2D eigenvalue weighted by molar-refractivity contribution is -0.143. The van der Waals surface area contributed by atoms with Crippen molar-refractivity contribution in [3.8, 4) is 5.75 Å². The first-order valence-corrected chi connectivity index (χ1v) is 10.2. The molecule has 3 rings (SSSR count). The summed E-state index contributed by atoms with van der Waals surface area (Å²) in [4.78, 5) is 55.8. The predicted molar refractivity (Wildman–Crippen MR) is 117 cm³/mol.